The molecule has 1 atom stereocenters. The maximum atomic E-state index is 11.6. The van der Waals surface area contributed by atoms with E-state index in [-0.39, 0.29) is 11.9 Å². The molecule has 2 rings (SSSR count). The topological polar surface area (TPSA) is 41.6 Å². The van der Waals surface area contributed by atoms with Gasteiger partial charge in [-0.15, -0.1) is 0 Å². The molecule has 0 aliphatic carbocycles. The number of methoxy groups -OCH3 is 1. The number of piperazine rings is 1. The van der Waals surface area contributed by atoms with Gasteiger partial charge in [0, 0.05) is 19.6 Å². The molecule has 0 saturated carbocycles. The molecule has 98 valence electrons. The number of carbonyl (C=O) groups excluding carboxylic acids is 1. The average Bonchev–Trinajstić information content (AvgIpc) is 2.35. The Morgan fingerprint density at radius 3 is 3.00 bits per heavy atom. The Hall–Kier alpha value is -1.26. The summed E-state index contributed by atoms with van der Waals surface area (Å²) >= 11 is 6.09. The van der Waals surface area contributed by atoms with Gasteiger partial charge in [-0.25, -0.2) is 0 Å². The van der Waals surface area contributed by atoms with Crippen LogP contribution in [0, 0.1) is 0 Å². The summed E-state index contributed by atoms with van der Waals surface area (Å²) in [6, 6.07) is 5.91. The van der Waals surface area contributed by atoms with E-state index in [2.05, 4.69) is 5.32 Å². The van der Waals surface area contributed by atoms with Crippen LogP contribution in [0.2, 0.25) is 5.02 Å². The number of nitrogens with zero attached hydrogens (tertiary/aromatic N) is 1. The van der Waals surface area contributed by atoms with Crippen LogP contribution in [0.15, 0.2) is 18.2 Å². The van der Waals surface area contributed by atoms with E-state index in [0.29, 0.717) is 17.3 Å². The Morgan fingerprint density at radius 2 is 2.33 bits per heavy atom. The maximum absolute atomic E-state index is 11.6. The first kappa shape index (κ1) is 13.2. The summed E-state index contributed by atoms with van der Waals surface area (Å²) in [5.74, 6) is 0.803. The van der Waals surface area contributed by atoms with Crippen LogP contribution in [-0.2, 0) is 11.2 Å². The third kappa shape index (κ3) is 2.76. The van der Waals surface area contributed by atoms with Crippen LogP contribution >= 0.6 is 11.6 Å². The zero-order valence-electron chi connectivity index (χ0n) is 10.6. The first-order valence-electron chi connectivity index (χ1n) is 5.90. The van der Waals surface area contributed by atoms with E-state index in [0.717, 1.165) is 18.5 Å². The standard InChI is InChI=1S/C13H17ClN2O2/c1-16-10(7-15-8-13(16)17)5-9-3-4-12(18-2)11(14)6-9/h3-4,6,10,15H,5,7-8H2,1-2H3. The van der Waals surface area contributed by atoms with Gasteiger partial charge >= 0.3 is 0 Å². The summed E-state index contributed by atoms with van der Waals surface area (Å²) in [7, 11) is 3.44. The fraction of sp³-hybridized carbons (Fsp3) is 0.462. The highest BCUT2D eigenvalue weighted by Gasteiger charge is 2.24. The lowest BCUT2D eigenvalue weighted by Gasteiger charge is -2.33. The third-order valence-corrected chi connectivity index (χ3v) is 3.58. The normalized spacial score (nSPS) is 20.1. The van der Waals surface area contributed by atoms with Crippen LogP contribution in [0.4, 0.5) is 0 Å². The molecule has 0 bridgehead atoms. The summed E-state index contributed by atoms with van der Waals surface area (Å²) in [6.45, 7) is 1.24. The first-order chi connectivity index (χ1) is 8.61. The number of amides is 1. The Kier molecular flexibility index (Phi) is 4.09. The van der Waals surface area contributed by atoms with Gasteiger partial charge in [0.25, 0.3) is 0 Å². The van der Waals surface area contributed by atoms with Crippen LogP contribution < -0.4 is 10.1 Å². The summed E-state index contributed by atoms with van der Waals surface area (Å²) in [5, 5.41) is 3.73. The number of halogens is 1. The number of nitrogens with one attached hydrogen (secondary N) is 1. The molecular weight excluding hydrogens is 252 g/mol. The average molecular weight is 269 g/mol. The minimum atomic E-state index is 0.130. The van der Waals surface area contributed by atoms with Crippen LogP contribution in [0.3, 0.4) is 0 Å². The van der Waals surface area contributed by atoms with Gasteiger partial charge in [0.1, 0.15) is 5.75 Å². The number of ether oxygens (including phenoxy) is 1. The van der Waals surface area contributed by atoms with Crippen molar-refractivity contribution in [3.05, 3.63) is 28.8 Å². The van der Waals surface area contributed by atoms with Gasteiger partial charge in [-0.1, -0.05) is 17.7 Å². The van der Waals surface area contributed by atoms with E-state index < -0.39 is 0 Å². The molecule has 1 aromatic carbocycles. The van der Waals surface area contributed by atoms with E-state index in [9.17, 15) is 4.79 Å². The van der Waals surface area contributed by atoms with Crippen molar-refractivity contribution < 1.29 is 9.53 Å². The van der Waals surface area contributed by atoms with E-state index in [1.807, 2.05) is 25.2 Å². The smallest absolute Gasteiger partial charge is 0.236 e. The lowest BCUT2D eigenvalue weighted by atomic mass is 10.0. The minimum Gasteiger partial charge on any atom is -0.495 e. The highest BCUT2D eigenvalue weighted by molar-refractivity contribution is 6.32. The molecule has 0 aromatic heterocycles. The molecule has 1 saturated heterocycles. The predicted octanol–water partition coefficient (Wildman–Crippen LogP) is 1.32. The Bertz CT molecular complexity index is 451. The van der Waals surface area contributed by atoms with Gasteiger partial charge in [-0.05, 0) is 24.1 Å². The molecule has 18 heavy (non-hydrogen) atoms. The Labute approximate surface area is 112 Å². The molecule has 1 amide bonds. The van der Waals surface area contributed by atoms with E-state index in [1.165, 1.54) is 0 Å². The number of rotatable bonds is 3. The Morgan fingerprint density at radius 1 is 1.56 bits per heavy atom. The number of hydrogen-bond donors (Lipinski definition) is 1. The summed E-state index contributed by atoms with van der Waals surface area (Å²) in [5.41, 5.74) is 1.11. The number of likely N-dealkylation sites (N-methyl/N-ethyl adjacent to an activating group) is 1. The Balaban J connectivity index is 2.09. The van der Waals surface area contributed by atoms with Crippen LogP contribution in [0.1, 0.15) is 5.56 Å². The number of carbonyl (C=O) groups is 1. The second kappa shape index (κ2) is 5.59. The van der Waals surface area contributed by atoms with Gasteiger partial charge < -0.3 is 15.0 Å². The molecule has 1 unspecified atom stereocenters. The van der Waals surface area contributed by atoms with E-state index in [4.69, 9.17) is 16.3 Å². The largest absolute Gasteiger partial charge is 0.495 e. The van der Waals surface area contributed by atoms with Crippen molar-refractivity contribution in [2.24, 2.45) is 0 Å². The zero-order chi connectivity index (χ0) is 13.1. The molecular formula is C13H17ClN2O2. The molecule has 1 aliphatic heterocycles. The van der Waals surface area contributed by atoms with Crippen LogP contribution in [-0.4, -0.2) is 44.1 Å². The van der Waals surface area contributed by atoms with Crippen molar-refractivity contribution in [2.45, 2.75) is 12.5 Å². The monoisotopic (exact) mass is 268 g/mol. The summed E-state index contributed by atoms with van der Waals surface area (Å²) < 4.78 is 5.12. The molecule has 1 N–H and O–H groups in total. The maximum Gasteiger partial charge on any atom is 0.236 e. The highest BCUT2D eigenvalue weighted by Crippen LogP contribution is 2.25. The van der Waals surface area contributed by atoms with Crippen molar-refractivity contribution in [1.82, 2.24) is 10.2 Å². The SMILES string of the molecule is COc1ccc(CC2CNCC(=O)N2C)cc1Cl. The molecule has 1 aromatic rings. The fourth-order valence-electron chi connectivity index (χ4n) is 2.13. The fourth-order valence-corrected chi connectivity index (χ4v) is 2.41. The third-order valence-electron chi connectivity index (χ3n) is 3.28. The quantitative estimate of drug-likeness (QED) is 0.899. The second-order valence-electron chi connectivity index (χ2n) is 4.46. The first-order valence-corrected chi connectivity index (χ1v) is 6.28. The van der Waals surface area contributed by atoms with Crippen LogP contribution in [0.25, 0.3) is 0 Å². The highest BCUT2D eigenvalue weighted by atomic mass is 35.5. The van der Waals surface area contributed by atoms with Gasteiger partial charge in [-0.3, -0.25) is 4.79 Å². The van der Waals surface area contributed by atoms with E-state index in [1.54, 1.807) is 12.0 Å². The van der Waals surface area contributed by atoms with Crippen molar-refractivity contribution in [3.63, 3.8) is 0 Å². The second-order valence-corrected chi connectivity index (χ2v) is 4.87. The molecule has 1 fully saturated rings. The molecule has 0 radical (unpaired) electrons. The lowest BCUT2D eigenvalue weighted by Crippen LogP contribution is -2.53. The van der Waals surface area contributed by atoms with Gasteiger partial charge in [0.2, 0.25) is 5.91 Å². The van der Waals surface area contributed by atoms with E-state index >= 15 is 0 Å². The van der Waals surface area contributed by atoms with Crippen molar-refractivity contribution in [2.75, 3.05) is 27.2 Å². The molecule has 5 heteroatoms. The number of hydrogen-bond acceptors (Lipinski definition) is 3. The molecule has 1 heterocycles. The van der Waals surface area contributed by atoms with Gasteiger partial charge in [-0.2, -0.15) is 0 Å². The minimum absolute atomic E-state index is 0.130. The predicted molar refractivity (Wildman–Crippen MR) is 71.1 cm³/mol. The zero-order valence-corrected chi connectivity index (χ0v) is 11.3. The van der Waals surface area contributed by atoms with Gasteiger partial charge in [0.05, 0.1) is 18.7 Å². The summed E-state index contributed by atoms with van der Waals surface area (Å²) in [6.07, 6.45) is 0.791. The number of benzene rings is 1. The van der Waals surface area contributed by atoms with Crippen molar-refractivity contribution in [3.8, 4) is 5.75 Å². The van der Waals surface area contributed by atoms with Crippen molar-refractivity contribution >= 4 is 17.5 Å². The van der Waals surface area contributed by atoms with Crippen LogP contribution in [0.5, 0.6) is 5.75 Å². The lowest BCUT2D eigenvalue weighted by molar-refractivity contribution is -0.133. The molecule has 0 spiro atoms. The molecule has 4 nitrogen and oxygen atoms in total. The van der Waals surface area contributed by atoms with Gasteiger partial charge in [0.15, 0.2) is 0 Å². The molecule has 1 aliphatic rings. The summed E-state index contributed by atoms with van der Waals surface area (Å²) in [4.78, 5) is 13.4. The van der Waals surface area contributed by atoms with Crippen molar-refractivity contribution in [1.29, 1.82) is 0 Å².